The second kappa shape index (κ2) is 9.19. The van der Waals surface area contributed by atoms with E-state index >= 15 is 0 Å². The Morgan fingerprint density at radius 1 is 1.21 bits per heavy atom. The van der Waals surface area contributed by atoms with Crippen molar-refractivity contribution in [3.63, 3.8) is 0 Å². The van der Waals surface area contributed by atoms with Gasteiger partial charge < -0.3 is 20.4 Å². The topological polar surface area (TPSA) is 152 Å². The number of amides is 1. The predicted molar refractivity (Wildman–Crippen MR) is 128 cm³/mol. The van der Waals surface area contributed by atoms with Gasteiger partial charge in [-0.15, -0.1) is 0 Å². The third kappa shape index (κ3) is 4.97. The number of hydrogen-bond acceptors (Lipinski definition) is 8. The molecule has 1 aliphatic rings. The van der Waals surface area contributed by atoms with Crippen LogP contribution in [0.4, 0.5) is 11.4 Å². The lowest BCUT2D eigenvalue weighted by Gasteiger charge is -2.32. The number of hydrogen-bond donors (Lipinski definition) is 2. The van der Waals surface area contributed by atoms with Crippen LogP contribution in [-0.2, 0) is 20.6 Å². The molecule has 1 atom stereocenters. The van der Waals surface area contributed by atoms with E-state index in [9.17, 15) is 19.7 Å². The molecule has 1 aliphatic heterocycles. The van der Waals surface area contributed by atoms with E-state index in [1.54, 1.807) is 0 Å². The van der Waals surface area contributed by atoms with Crippen molar-refractivity contribution >= 4 is 24.4 Å². The lowest BCUT2D eigenvalue weighted by Crippen LogP contribution is -2.52. The minimum atomic E-state index is -0.668. The molecule has 12 heteroatoms. The normalized spacial score (nSPS) is 17.6. The molecule has 34 heavy (non-hydrogen) atoms. The maximum Gasteiger partial charge on any atom is 0.482 e. The lowest BCUT2D eigenvalue weighted by atomic mass is 9.72. The van der Waals surface area contributed by atoms with Crippen molar-refractivity contribution in [2.45, 2.75) is 65.2 Å². The van der Waals surface area contributed by atoms with E-state index in [4.69, 9.17) is 15.0 Å². The summed E-state index contributed by atoms with van der Waals surface area (Å²) in [5, 5.41) is 13.9. The van der Waals surface area contributed by atoms with Gasteiger partial charge in [0.25, 0.3) is 11.2 Å². The number of aromatic nitrogens is 2. The fourth-order valence-electron chi connectivity index (χ4n) is 3.58. The molecule has 1 aromatic carbocycles. The SMILES string of the molecule is CC(C)C(NC(=O)Cn1c(-c2ccc([N+](=O)[O-])cc2)ncc(N)c1=O)B1OC(C)(C)C(C)(C)O1. The van der Waals surface area contributed by atoms with Crippen LogP contribution in [0.2, 0.25) is 0 Å². The van der Waals surface area contributed by atoms with Crippen molar-refractivity contribution in [2.75, 3.05) is 5.73 Å². The van der Waals surface area contributed by atoms with Gasteiger partial charge >= 0.3 is 7.12 Å². The van der Waals surface area contributed by atoms with Crippen LogP contribution in [-0.4, -0.2) is 44.6 Å². The molecule has 1 fully saturated rings. The van der Waals surface area contributed by atoms with E-state index in [2.05, 4.69) is 10.3 Å². The molecule has 1 saturated heterocycles. The summed E-state index contributed by atoms with van der Waals surface area (Å²) in [4.78, 5) is 40.5. The molecule has 0 spiro atoms. The number of rotatable bonds is 7. The molecule has 0 aliphatic carbocycles. The minimum Gasteiger partial charge on any atom is -0.402 e. The van der Waals surface area contributed by atoms with Gasteiger partial charge in [-0.25, -0.2) is 4.98 Å². The van der Waals surface area contributed by atoms with Gasteiger partial charge in [-0.2, -0.15) is 0 Å². The van der Waals surface area contributed by atoms with Crippen LogP contribution < -0.4 is 16.6 Å². The zero-order valence-corrected chi connectivity index (χ0v) is 20.2. The Bertz CT molecular complexity index is 1130. The molecule has 1 amide bonds. The summed E-state index contributed by atoms with van der Waals surface area (Å²) >= 11 is 0. The van der Waals surface area contributed by atoms with Crippen LogP contribution in [0.15, 0.2) is 35.3 Å². The highest BCUT2D eigenvalue weighted by Crippen LogP contribution is 2.38. The van der Waals surface area contributed by atoms with Gasteiger partial charge in [0.1, 0.15) is 18.1 Å². The Morgan fingerprint density at radius 2 is 1.76 bits per heavy atom. The van der Waals surface area contributed by atoms with Crippen LogP contribution >= 0.6 is 0 Å². The fraction of sp³-hybridized carbons (Fsp3) is 0.500. The van der Waals surface area contributed by atoms with Crippen molar-refractivity contribution in [1.29, 1.82) is 0 Å². The second-order valence-corrected chi connectivity index (χ2v) is 9.69. The molecule has 1 aromatic heterocycles. The van der Waals surface area contributed by atoms with Crippen molar-refractivity contribution in [3.05, 3.63) is 50.9 Å². The van der Waals surface area contributed by atoms with Crippen LogP contribution in [0.25, 0.3) is 11.4 Å². The Kier molecular flexibility index (Phi) is 6.86. The molecule has 0 saturated carbocycles. The first-order valence-electron chi connectivity index (χ1n) is 11.0. The van der Waals surface area contributed by atoms with Gasteiger partial charge in [0, 0.05) is 17.7 Å². The highest BCUT2D eigenvalue weighted by molar-refractivity contribution is 6.48. The number of nitro benzene ring substituents is 1. The third-order valence-corrected chi connectivity index (χ3v) is 6.32. The third-order valence-electron chi connectivity index (χ3n) is 6.32. The molecular formula is C22H30BN5O6. The van der Waals surface area contributed by atoms with Gasteiger partial charge in [0.2, 0.25) is 5.91 Å². The molecule has 11 nitrogen and oxygen atoms in total. The Hall–Kier alpha value is -3.25. The van der Waals surface area contributed by atoms with Crippen LogP contribution in [0.1, 0.15) is 41.5 Å². The van der Waals surface area contributed by atoms with Gasteiger partial charge in [0.05, 0.1) is 28.3 Å². The van der Waals surface area contributed by atoms with E-state index in [0.29, 0.717) is 5.56 Å². The fourth-order valence-corrected chi connectivity index (χ4v) is 3.58. The van der Waals surface area contributed by atoms with E-state index in [1.807, 2.05) is 41.5 Å². The number of nitrogens with zero attached hydrogens (tertiary/aromatic N) is 3. The minimum absolute atomic E-state index is 0.0246. The van der Waals surface area contributed by atoms with Crippen molar-refractivity contribution in [2.24, 2.45) is 5.92 Å². The number of nitrogens with two attached hydrogens (primary N) is 1. The molecule has 0 bridgehead atoms. The standard InChI is InChI=1S/C22H30BN5O6/c1-13(2)18(23-33-21(3,4)22(5,6)34-23)26-17(29)12-27-19(25-11-16(24)20(27)30)14-7-9-15(10-8-14)28(31)32/h7-11,13,18H,12,24H2,1-6H3,(H,26,29). The van der Waals surface area contributed by atoms with Gasteiger partial charge in [-0.05, 0) is 45.7 Å². The molecule has 0 radical (unpaired) electrons. The summed E-state index contributed by atoms with van der Waals surface area (Å²) in [5.41, 5.74) is 4.26. The zero-order chi connectivity index (χ0) is 25.4. The summed E-state index contributed by atoms with van der Waals surface area (Å²) in [6.07, 6.45) is 1.20. The van der Waals surface area contributed by atoms with Gasteiger partial charge in [0.15, 0.2) is 0 Å². The molecule has 2 heterocycles. The van der Waals surface area contributed by atoms with E-state index < -0.39 is 40.7 Å². The number of nitrogen functional groups attached to an aromatic ring is 1. The van der Waals surface area contributed by atoms with E-state index in [-0.39, 0.29) is 29.7 Å². The first-order valence-corrected chi connectivity index (χ1v) is 11.0. The summed E-state index contributed by atoms with van der Waals surface area (Å²) in [7, 11) is -0.668. The number of benzene rings is 1. The highest BCUT2D eigenvalue weighted by Gasteiger charge is 2.54. The van der Waals surface area contributed by atoms with E-state index in [1.165, 1.54) is 30.5 Å². The summed E-state index contributed by atoms with van der Waals surface area (Å²) in [6, 6.07) is 5.53. The van der Waals surface area contributed by atoms with Crippen molar-refractivity contribution in [1.82, 2.24) is 14.9 Å². The van der Waals surface area contributed by atoms with Crippen LogP contribution in [0, 0.1) is 16.0 Å². The monoisotopic (exact) mass is 471 g/mol. The zero-order valence-electron chi connectivity index (χ0n) is 20.2. The Balaban J connectivity index is 1.87. The summed E-state index contributed by atoms with van der Waals surface area (Å²) < 4.78 is 13.4. The molecule has 2 aromatic rings. The number of nitro groups is 1. The number of anilines is 1. The largest absolute Gasteiger partial charge is 0.482 e. The summed E-state index contributed by atoms with van der Waals surface area (Å²) in [6.45, 7) is 11.2. The van der Waals surface area contributed by atoms with Crippen molar-refractivity contribution < 1.29 is 19.0 Å². The quantitative estimate of drug-likeness (QED) is 0.354. The number of carbonyl (C=O) groups is 1. The van der Waals surface area contributed by atoms with Gasteiger partial charge in [-0.1, -0.05) is 13.8 Å². The Morgan fingerprint density at radius 3 is 2.26 bits per heavy atom. The lowest BCUT2D eigenvalue weighted by molar-refractivity contribution is -0.384. The van der Waals surface area contributed by atoms with Gasteiger partial charge in [-0.3, -0.25) is 24.3 Å². The average molecular weight is 471 g/mol. The highest BCUT2D eigenvalue weighted by atomic mass is 16.7. The first kappa shape index (κ1) is 25.4. The maximum atomic E-state index is 13.1. The van der Waals surface area contributed by atoms with Crippen LogP contribution in [0.5, 0.6) is 0 Å². The molecule has 182 valence electrons. The molecule has 3 rings (SSSR count). The van der Waals surface area contributed by atoms with Crippen LogP contribution in [0.3, 0.4) is 0 Å². The predicted octanol–water partition coefficient (Wildman–Crippen LogP) is 2.17. The average Bonchev–Trinajstić information content (AvgIpc) is 2.96. The number of carbonyl (C=O) groups excluding carboxylic acids is 1. The summed E-state index contributed by atoms with van der Waals surface area (Å²) in [5.74, 6) is -0.781. The molecule has 1 unspecified atom stereocenters. The maximum absolute atomic E-state index is 13.1. The number of nitrogens with one attached hydrogen (secondary N) is 1. The van der Waals surface area contributed by atoms with Crippen molar-refractivity contribution in [3.8, 4) is 11.4 Å². The smallest absolute Gasteiger partial charge is 0.402 e. The molecular weight excluding hydrogens is 441 g/mol. The first-order chi connectivity index (χ1) is 15.7. The number of non-ortho nitro benzene ring substituents is 1. The van der Waals surface area contributed by atoms with E-state index in [0.717, 1.165) is 4.57 Å². The molecule has 3 N–H and O–H groups in total. The Labute approximate surface area is 197 Å². The second-order valence-electron chi connectivity index (χ2n) is 9.69.